The molecule has 3 unspecified atom stereocenters. The molecule has 13 nitrogen and oxygen atoms in total. The van der Waals surface area contributed by atoms with Gasteiger partial charge in [0.1, 0.15) is 42.7 Å². The maximum absolute atomic E-state index is 11.8. The molecule has 0 radical (unpaired) electrons. The third-order valence-electron chi connectivity index (χ3n) is 4.96. The van der Waals surface area contributed by atoms with Crippen molar-refractivity contribution in [2.24, 2.45) is 5.73 Å². The van der Waals surface area contributed by atoms with Crippen LogP contribution in [-0.2, 0) is 19.0 Å². The third-order valence-corrected chi connectivity index (χ3v) is 4.96. The van der Waals surface area contributed by atoms with Crippen molar-refractivity contribution in [3.63, 3.8) is 0 Å². The summed E-state index contributed by atoms with van der Waals surface area (Å²) in [5.74, 6) is -4.19. The Kier molecular flexibility index (Phi) is 7.69. The number of carboxylic acid groups (broad SMARTS) is 1. The summed E-state index contributed by atoms with van der Waals surface area (Å²) in [5.41, 5.74) is 5.73. The first-order valence-corrected chi connectivity index (χ1v) is 8.65. The lowest BCUT2D eigenvalue weighted by molar-refractivity contribution is -0.319. The molecule has 13 heteroatoms. The molecular weight excluding hydrogens is 386 g/mol. The number of aliphatic carboxylic acids is 1. The van der Waals surface area contributed by atoms with Crippen molar-refractivity contribution in [3.8, 4) is 0 Å². The molecule has 0 aromatic carbocycles. The largest absolute Gasteiger partial charge is 0.477 e. The zero-order chi connectivity index (χ0) is 21.2. The zero-order valence-electron chi connectivity index (χ0n) is 14.8. The van der Waals surface area contributed by atoms with E-state index in [0.29, 0.717) is 0 Å². The van der Waals surface area contributed by atoms with Crippen molar-refractivity contribution in [2.75, 3.05) is 19.8 Å². The minimum atomic E-state index is -2.51. The van der Waals surface area contributed by atoms with E-state index in [0.717, 1.165) is 0 Å². The fraction of sp³-hybridized carbons (Fsp3) is 0.933. The second-order valence-corrected chi connectivity index (χ2v) is 6.96. The van der Waals surface area contributed by atoms with Crippen LogP contribution < -0.4 is 5.73 Å². The van der Waals surface area contributed by atoms with E-state index in [1.54, 1.807) is 0 Å². The van der Waals surface area contributed by atoms with E-state index in [1.807, 2.05) is 0 Å². The zero-order valence-corrected chi connectivity index (χ0v) is 14.8. The standard InChI is InChI=1S/C15H27NO12/c16-9-5(18)1-15(14(24)25,28-13(9)11(22)6(19)2-17)27-4-8-12(23)10(21)7(20)3-26-8/h5-13,17-23H,1-4,16H2,(H,24,25)/t5-,6-,7-,8?,9-,10?,11-,12+,13?,15-/m1/s1. The molecule has 0 aromatic heterocycles. The van der Waals surface area contributed by atoms with Gasteiger partial charge in [0, 0.05) is 6.42 Å². The van der Waals surface area contributed by atoms with E-state index in [9.17, 15) is 40.5 Å². The smallest absolute Gasteiger partial charge is 0.364 e. The lowest BCUT2D eigenvalue weighted by atomic mass is 9.89. The van der Waals surface area contributed by atoms with Crippen molar-refractivity contribution < 1.29 is 59.9 Å². The topological polar surface area (TPSA) is 233 Å². The first-order chi connectivity index (χ1) is 13.0. The summed E-state index contributed by atoms with van der Waals surface area (Å²) in [5, 5.41) is 77.4. The van der Waals surface area contributed by atoms with Crippen LogP contribution in [0.1, 0.15) is 6.42 Å². The fourth-order valence-corrected chi connectivity index (χ4v) is 3.12. The van der Waals surface area contributed by atoms with Crippen LogP contribution in [-0.4, -0.2) is 127 Å². The maximum atomic E-state index is 11.8. The van der Waals surface area contributed by atoms with Gasteiger partial charge in [-0.05, 0) is 0 Å². The first kappa shape index (κ1) is 23.3. The molecule has 0 spiro atoms. The van der Waals surface area contributed by atoms with Gasteiger partial charge in [-0.15, -0.1) is 0 Å². The Morgan fingerprint density at radius 2 is 1.82 bits per heavy atom. The predicted octanol–water partition coefficient (Wildman–Crippen LogP) is -5.54. The van der Waals surface area contributed by atoms with Crippen LogP contribution in [0.15, 0.2) is 0 Å². The van der Waals surface area contributed by atoms with E-state index in [-0.39, 0.29) is 6.61 Å². The molecule has 2 heterocycles. The molecule has 28 heavy (non-hydrogen) atoms. The van der Waals surface area contributed by atoms with Gasteiger partial charge in [0.05, 0.1) is 32.0 Å². The number of hydrogen-bond acceptors (Lipinski definition) is 12. The van der Waals surface area contributed by atoms with Gasteiger partial charge in [0.15, 0.2) is 0 Å². The summed E-state index contributed by atoms with van der Waals surface area (Å²) >= 11 is 0. The van der Waals surface area contributed by atoms with Crippen molar-refractivity contribution in [2.45, 2.75) is 67.1 Å². The summed E-state index contributed by atoms with van der Waals surface area (Å²) < 4.78 is 15.7. The van der Waals surface area contributed by atoms with Gasteiger partial charge in [-0.3, -0.25) is 0 Å². The van der Waals surface area contributed by atoms with E-state index in [2.05, 4.69) is 0 Å². The van der Waals surface area contributed by atoms with Crippen molar-refractivity contribution >= 4 is 5.97 Å². The highest BCUT2D eigenvalue weighted by Crippen LogP contribution is 2.33. The van der Waals surface area contributed by atoms with Crippen LogP contribution in [0.5, 0.6) is 0 Å². The predicted molar refractivity (Wildman–Crippen MR) is 86.7 cm³/mol. The minimum absolute atomic E-state index is 0.329. The average Bonchev–Trinajstić information content (AvgIpc) is 2.66. The number of nitrogens with two attached hydrogens (primary N) is 1. The van der Waals surface area contributed by atoms with Crippen LogP contribution in [0, 0.1) is 0 Å². The van der Waals surface area contributed by atoms with E-state index >= 15 is 0 Å². The van der Waals surface area contributed by atoms with Gasteiger partial charge in [-0.25, -0.2) is 4.79 Å². The highest BCUT2D eigenvalue weighted by atomic mass is 16.7. The minimum Gasteiger partial charge on any atom is -0.477 e. The van der Waals surface area contributed by atoms with Gasteiger partial charge >= 0.3 is 5.97 Å². The maximum Gasteiger partial charge on any atom is 0.364 e. The van der Waals surface area contributed by atoms with Gasteiger partial charge < -0.3 is 60.8 Å². The van der Waals surface area contributed by atoms with Crippen molar-refractivity contribution in [1.82, 2.24) is 0 Å². The molecule has 164 valence electrons. The molecule has 0 bridgehead atoms. The van der Waals surface area contributed by atoms with Gasteiger partial charge in [0.2, 0.25) is 0 Å². The number of aliphatic hydroxyl groups excluding tert-OH is 7. The Morgan fingerprint density at radius 3 is 2.39 bits per heavy atom. The monoisotopic (exact) mass is 413 g/mol. The molecule has 0 aromatic rings. The highest BCUT2D eigenvalue weighted by molar-refractivity contribution is 5.76. The third kappa shape index (κ3) is 4.60. The fourth-order valence-electron chi connectivity index (χ4n) is 3.12. The van der Waals surface area contributed by atoms with Gasteiger partial charge in [0.25, 0.3) is 5.79 Å². The number of ether oxygens (including phenoxy) is 3. The molecule has 2 aliphatic heterocycles. The Bertz CT molecular complexity index is 537. The molecule has 0 amide bonds. The highest BCUT2D eigenvalue weighted by Gasteiger charge is 2.55. The van der Waals surface area contributed by atoms with Gasteiger partial charge in [-0.1, -0.05) is 0 Å². The molecule has 10 atom stereocenters. The molecule has 2 aliphatic rings. The molecule has 10 N–H and O–H groups in total. The Balaban J connectivity index is 2.16. The average molecular weight is 413 g/mol. The van der Waals surface area contributed by atoms with Crippen LogP contribution in [0.25, 0.3) is 0 Å². The summed E-state index contributed by atoms with van der Waals surface area (Å²) in [4.78, 5) is 11.8. The van der Waals surface area contributed by atoms with Crippen molar-refractivity contribution in [3.05, 3.63) is 0 Å². The molecule has 2 rings (SSSR count). The second kappa shape index (κ2) is 9.23. The van der Waals surface area contributed by atoms with E-state index in [1.165, 1.54) is 0 Å². The van der Waals surface area contributed by atoms with E-state index in [4.69, 9.17) is 25.1 Å². The van der Waals surface area contributed by atoms with Crippen LogP contribution in [0.2, 0.25) is 0 Å². The quantitative estimate of drug-likeness (QED) is 0.190. The number of aliphatic hydroxyl groups is 7. The normalized spacial score (nSPS) is 44.1. The Labute approximate surface area is 159 Å². The SMILES string of the molecule is N[C@H]1C([C@H](O)[C@H](O)CO)O[C@@](OCC2OC[C@@H](O)C(O)[C@H]2O)(C(=O)O)C[C@H]1O. The van der Waals surface area contributed by atoms with Crippen LogP contribution in [0.3, 0.4) is 0 Å². The second-order valence-electron chi connectivity index (χ2n) is 6.96. The Hall–Kier alpha value is -0.970. The van der Waals surface area contributed by atoms with Crippen molar-refractivity contribution in [1.29, 1.82) is 0 Å². The van der Waals surface area contributed by atoms with Gasteiger partial charge in [-0.2, -0.15) is 0 Å². The molecule has 2 saturated heterocycles. The summed E-state index contributed by atoms with van der Waals surface area (Å²) in [6.45, 7) is -1.80. The van der Waals surface area contributed by atoms with Crippen LogP contribution in [0.4, 0.5) is 0 Å². The molecule has 0 saturated carbocycles. The first-order valence-electron chi connectivity index (χ1n) is 8.65. The lowest BCUT2D eigenvalue weighted by Crippen LogP contribution is -2.67. The lowest BCUT2D eigenvalue weighted by Gasteiger charge is -2.46. The summed E-state index contributed by atoms with van der Waals surface area (Å²) in [6.07, 6.45) is -13.0. The molecular formula is C15H27NO12. The number of carboxylic acids is 1. The number of carbonyl (C=O) groups is 1. The molecule has 0 aliphatic carbocycles. The Morgan fingerprint density at radius 1 is 1.18 bits per heavy atom. The number of hydrogen-bond donors (Lipinski definition) is 9. The van der Waals surface area contributed by atoms with E-state index < -0.39 is 86.3 Å². The number of rotatable bonds is 7. The van der Waals surface area contributed by atoms with Crippen LogP contribution >= 0.6 is 0 Å². The summed E-state index contributed by atoms with van der Waals surface area (Å²) in [6, 6.07) is -1.29. The summed E-state index contributed by atoms with van der Waals surface area (Å²) in [7, 11) is 0. The molecule has 2 fully saturated rings.